The molecule has 1 atom stereocenters. The fourth-order valence-electron chi connectivity index (χ4n) is 2.23. The van der Waals surface area contributed by atoms with Crippen LogP contribution < -0.4 is 5.56 Å². The van der Waals surface area contributed by atoms with Crippen LogP contribution >= 0.6 is 22.9 Å². The van der Waals surface area contributed by atoms with Crippen LogP contribution in [0.3, 0.4) is 0 Å². The minimum Gasteiger partial charge on any atom is -0.309 e. The number of benzene rings is 1. The van der Waals surface area contributed by atoms with E-state index in [-0.39, 0.29) is 10.9 Å². The molecular formula is C15H13ClN2OS. The molecule has 0 bridgehead atoms. The Balaban J connectivity index is 2.30. The largest absolute Gasteiger partial charge is 0.309 e. The maximum Gasteiger partial charge on any atom is 0.260 e. The number of nitrogens with one attached hydrogen (secondary N) is 1. The molecule has 1 aromatic carbocycles. The standard InChI is InChI=1S/C15H13ClN2OS/c1-8-5-3-4-6-10(8)11-7-20-15-12(11)14(19)17-13(18-15)9(2)16/h3-7,9H,1-2H3,(H,17,18,19). The zero-order valence-electron chi connectivity index (χ0n) is 11.1. The maximum absolute atomic E-state index is 12.3. The van der Waals surface area contributed by atoms with Crippen molar-refractivity contribution in [2.24, 2.45) is 0 Å². The molecule has 0 fully saturated rings. The van der Waals surface area contributed by atoms with Gasteiger partial charge in [0.15, 0.2) is 0 Å². The highest BCUT2D eigenvalue weighted by Crippen LogP contribution is 2.33. The van der Waals surface area contributed by atoms with Gasteiger partial charge in [0, 0.05) is 10.9 Å². The molecule has 0 aliphatic rings. The summed E-state index contributed by atoms with van der Waals surface area (Å²) in [6, 6.07) is 8.02. The summed E-state index contributed by atoms with van der Waals surface area (Å²) in [6.07, 6.45) is 0. The van der Waals surface area contributed by atoms with Crippen LogP contribution in [-0.2, 0) is 0 Å². The van der Waals surface area contributed by atoms with E-state index < -0.39 is 0 Å². The molecule has 0 saturated carbocycles. The smallest absolute Gasteiger partial charge is 0.260 e. The summed E-state index contributed by atoms with van der Waals surface area (Å²) in [7, 11) is 0. The van der Waals surface area contributed by atoms with E-state index in [1.165, 1.54) is 11.3 Å². The number of thiophene rings is 1. The highest BCUT2D eigenvalue weighted by molar-refractivity contribution is 7.17. The predicted octanol–water partition coefficient (Wildman–Crippen LogP) is 4.26. The van der Waals surface area contributed by atoms with Crippen molar-refractivity contribution in [2.75, 3.05) is 0 Å². The van der Waals surface area contributed by atoms with Crippen LogP contribution in [0, 0.1) is 6.92 Å². The number of hydrogen-bond acceptors (Lipinski definition) is 3. The van der Waals surface area contributed by atoms with Gasteiger partial charge < -0.3 is 4.98 Å². The number of H-pyrrole nitrogens is 1. The molecule has 3 rings (SSSR count). The van der Waals surface area contributed by atoms with Crippen LogP contribution in [0.4, 0.5) is 0 Å². The Bertz CT molecular complexity index is 835. The minimum absolute atomic E-state index is 0.128. The fourth-order valence-corrected chi connectivity index (χ4v) is 3.28. The van der Waals surface area contributed by atoms with E-state index >= 15 is 0 Å². The third kappa shape index (κ3) is 2.15. The van der Waals surface area contributed by atoms with Crippen molar-refractivity contribution in [3.05, 3.63) is 51.4 Å². The van der Waals surface area contributed by atoms with E-state index in [0.717, 1.165) is 21.5 Å². The van der Waals surface area contributed by atoms with Gasteiger partial charge in [-0.05, 0) is 25.0 Å². The number of hydrogen-bond donors (Lipinski definition) is 1. The van der Waals surface area contributed by atoms with E-state index in [1.54, 1.807) is 6.92 Å². The van der Waals surface area contributed by atoms with Gasteiger partial charge in [0.25, 0.3) is 5.56 Å². The third-order valence-corrected chi connectivity index (χ3v) is 4.35. The lowest BCUT2D eigenvalue weighted by Crippen LogP contribution is -2.11. The summed E-state index contributed by atoms with van der Waals surface area (Å²) < 4.78 is 0. The van der Waals surface area contributed by atoms with Gasteiger partial charge in [0.05, 0.1) is 10.8 Å². The second-order valence-corrected chi connectivity index (χ2v) is 6.22. The number of halogens is 1. The number of aromatic nitrogens is 2. The van der Waals surface area contributed by atoms with E-state index in [9.17, 15) is 4.79 Å². The SMILES string of the molecule is Cc1ccccc1-c1csc2nc(C(C)Cl)[nH]c(=O)c12. The van der Waals surface area contributed by atoms with Crippen LogP contribution in [0.15, 0.2) is 34.4 Å². The van der Waals surface area contributed by atoms with Crippen LogP contribution in [0.5, 0.6) is 0 Å². The van der Waals surface area contributed by atoms with Gasteiger partial charge in [-0.2, -0.15) is 0 Å². The molecular weight excluding hydrogens is 292 g/mol. The van der Waals surface area contributed by atoms with Crippen molar-refractivity contribution in [2.45, 2.75) is 19.2 Å². The first-order valence-corrected chi connectivity index (χ1v) is 7.61. The Morgan fingerprint density at radius 2 is 2.05 bits per heavy atom. The summed E-state index contributed by atoms with van der Waals surface area (Å²) >= 11 is 7.47. The molecule has 5 heteroatoms. The molecule has 102 valence electrons. The van der Waals surface area contributed by atoms with Crippen molar-refractivity contribution in [1.29, 1.82) is 0 Å². The number of aryl methyl sites for hydroxylation is 1. The van der Waals surface area contributed by atoms with Gasteiger partial charge in [-0.1, -0.05) is 24.3 Å². The predicted molar refractivity (Wildman–Crippen MR) is 84.7 cm³/mol. The van der Waals surface area contributed by atoms with E-state index in [2.05, 4.69) is 9.97 Å². The molecule has 3 aromatic rings. The molecule has 1 unspecified atom stereocenters. The Labute approximate surface area is 125 Å². The van der Waals surface area contributed by atoms with Gasteiger partial charge in [0.2, 0.25) is 0 Å². The van der Waals surface area contributed by atoms with Crippen molar-refractivity contribution >= 4 is 33.2 Å². The fraction of sp³-hybridized carbons (Fsp3) is 0.200. The minimum atomic E-state index is -0.309. The summed E-state index contributed by atoms with van der Waals surface area (Å²) in [4.78, 5) is 20.3. The van der Waals surface area contributed by atoms with E-state index in [1.807, 2.05) is 36.6 Å². The second kappa shape index (κ2) is 5.04. The highest BCUT2D eigenvalue weighted by atomic mass is 35.5. The monoisotopic (exact) mass is 304 g/mol. The van der Waals surface area contributed by atoms with E-state index in [4.69, 9.17) is 11.6 Å². The molecule has 3 nitrogen and oxygen atoms in total. The molecule has 0 amide bonds. The summed E-state index contributed by atoms with van der Waals surface area (Å²) in [5.41, 5.74) is 3.02. The van der Waals surface area contributed by atoms with Crippen molar-refractivity contribution in [3.8, 4) is 11.1 Å². The Morgan fingerprint density at radius 1 is 1.30 bits per heavy atom. The van der Waals surface area contributed by atoms with Crippen LogP contribution in [0.1, 0.15) is 23.7 Å². The molecule has 0 aliphatic heterocycles. The number of nitrogens with zero attached hydrogens (tertiary/aromatic N) is 1. The average molecular weight is 305 g/mol. The van der Waals surface area contributed by atoms with Crippen LogP contribution in [-0.4, -0.2) is 9.97 Å². The van der Waals surface area contributed by atoms with Crippen molar-refractivity contribution in [3.63, 3.8) is 0 Å². The normalized spacial score (nSPS) is 12.8. The zero-order valence-corrected chi connectivity index (χ0v) is 12.7. The van der Waals surface area contributed by atoms with Gasteiger partial charge >= 0.3 is 0 Å². The number of rotatable bonds is 2. The maximum atomic E-state index is 12.3. The van der Waals surface area contributed by atoms with Gasteiger partial charge in [-0.3, -0.25) is 4.79 Å². The van der Waals surface area contributed by atoms with E-state index in [0.29, 0.717) is 11.2 Å². The Hall–Kier alpha value is -1.65. The lowest BCUT2D eigenvalue weighted by atomic mass is 10.0. The quantitative estimate of drug-likeness (QED) is 0.719. The molecule has 2 aromatic heterocycles. The summed E-state index contributed by atoms with van der Waals surface area (Å²) in [5, 5.41) is 2.32. The van der Waals surface area contributed by atoms with Gasteiger partial charge in [-0.25, -0.2) is 4.98 Å². The van der Waals surface area contributed by atoms with Crippen LogP contribution in [0.25, 0.3) is 21.3 Å². The molecule has 0 spiro atoms. The average Bonchev–Trinajstić information content (AvgIpc) is 2.83. The molecule has 2 heterocycles. The first-order chi connectivity index (χ1) is 9.58. The Kier molecular flexibility index (Phi) is 3.36. The molecule has 1 N–H and O–H groups in total. The van der Waals surface area contributed by atoms with Gasteiger partial charge in [0.1, 0.15) is 10.7 Å². The van der Waals surface area contributed by atoms with Crippen molar-refractivity contribution in [1.82, 2.24) is 9.97 Å². The number of fused-ring (bicyclic) bond motifs is 1. The number of alkyl halides is 1. The highest BCUT2D eigenvalue weighted by Gasteiger charge is 2.15. The lowest BCUT2D eigenvalue weighted by Gasteiger charge is -2.05. The molecule has 0 radical (unpaired) electrons. The first kappa shape index (κ1) is 13.3. The van der Waals surface area contributed by atoms with Crippen molar-refractivity contribution < 1.29 is 0 Å². The first-order valence-electron chi connectivity index (χ1n) is 6.29. The molecule has 0 aliphatic carbocycles. The molecule has 0 saturated heterocycles. The summed E-state index contributed by atoms with van der Waals surface area (Å²) in [5.74, 6) is 0.516. The van der Waals surface area contributed by atoms with Gasteiger partial charge in [-0.15, -0.1) is 22.9 Å². The molecule has 20 heavy (non-hydrogen) atoms. The second-order valence-electron chi connectivity index (χ2n) is 4.71. The third-order valence-electron chi connectivity index (χ3n) is 3.27. The number of aromatic amines is 1. The summed E-state index contributed by atoms with van der Waals surface area (Å²) in [6.45, 7) is 3.83. The van der Waals surface area contributed by atoms with Crippen LogP contribution in [0.2, 0.25) is 0 Å². The zero-order chi connectivity index (χ0) is 14.3. The topological polar surface area (TPSA) is 45.8 Å². The Morgan fingerprint density at radius 3 is 2.75 bits per heavy atom. The lowest BCUT2D eigenvalue weighted by molar-refractivity contribution is 0.917.